The molecule has 30 heavy (non-hydrogen) atoms. The summed E-state index contributed by atoms with van der Waals surface area (Å²) in [7, 11) is 0. The van der Waals surface area contributed by atoms with Crippen LogP contribution >= 0.6 is 34.7 Å². The van der Waals surface area contributed by atoms with E-state index in [1.807, 2.05) is 29.6 Å². The predicted octanol–water partition coefficient (Wildman–Crippen LogP) is 5.32. The lowest BCUT2D eigenvalue weighted by atomic mass is 10.2. The van der Waals surface area contributed by atoms with Crippen molar-refractivity contribution in [3.8, 4) is 11.5 Å². The van der Waals surface area contributed by atoms with Crippen molar-refractivity contribution in [3.63, 3.8) is 0 Å². The van der Waals surface area contributed by atoms with E-state index in [1.54, 1.807) is 10.6 Å². The second-order valence-corrected chi connectivity index (χ2v) is 8.90. The van der Waals surface area contributed by atoms with E-state index in [1.165, 1.54) is 35.2 Å². The highest BCUT2D eigenvalue weighted by molar-refractivity contribution is 7.98. The fraction of sp³-hybridized carbons (Fsp3) is 0.143. The molecule has 2 aromatic heterocycles. The molecule has 9 heteroatoms. The van der Waals surface area contributed by atoms with Gasteiger partial charge in [-0.2, -0.15) is 0 Å². The number of thioether (sulfide) groups is 1. The summed E-state index contributed by atoms with van der Waals surface area (Å²) < 4.78 is 26.4. The predicted molar refractivity (Wildman–Crippen MR) is 117 cm³/mol. The van der Waals surface area contributed by atoms with E-state index in [0.29, 0.717) is 44.2 Å². The summed E-state index contributed by atoms with van der Waals surface area (Å²) in [4.78, 5) is 17.9. The number of hydrogen-bond acceptors (Lipinski definition) is 6. The largest absolute Gasteiger partial charge is 0.454 e. The summed E-state index contributed by atoms with van der Waals surface area (Å²) >= 11 is 8.93. The second-order valence-electron chi connectivity index (χ2n) is 6.63. The van der Waals surface area contributed by atoms with Gasteiger partial charge in [0.1, 0.15) is 10.5 Å². The molecule has 5 nitrogen and oxygen atoms in total. The Morgan fingerprint density at radius 1 is 1.17 bits per heavy atom. The highest BCUT2D eigenvalue weighted by Crippen LogP contribution is 2.33. The topological polar surface area (TPSA) is 53.4 Å². The summed E-state index contributed by atoms with van der Waals surface area (Å²) in [5.41, 5.74) is 2.25. The standard InChI is InChI=1S/C21H14ClFN2O3S2/c22-15-8-14(23)3-2-13(15)10-30-21-24-16-5-6-29-19(16)20(26)25(21)9-12-1-4-17-18(7-12)28-11-27-17/h1-8H,9-11H2. The van der Waals surface area contributed by atoms with Crippen LogP contribution in [0.1, 0.15) is 11.1 Å². The Balaban J connectivity index is 1.51. The molecule has 152 valence electrons. The molecule has 2 aromatic carbocycles. The van der Waals surface area contributed by atoms with E-state index in [4.69, 9.17) is 26.1 Å². The van der Waals surface area contributed by atoms with Crippen LogP contribution in [0.5, 0.6) is 11.5 Å². The van der Waals surface area contributed by atoms with Crippen LogP contribution in [-0.4, -0.2) is 16.3 Å². The van der Waals surface area contributed by atoms with Crippen LogP contribution in [0.15, 0.2) is 57.8 Å². The number of halogens is 2. The molecule has 1 aliphatic heterocycles. The van der Waals surface area contributed by atoms with Gasteiger partial charge in [0.15, 0.2) is 16.7 Å². The van der Waals surface area contributed by atoms with E-state index >= 15 is 0 Å². The number of benzene rings is 2. The maximum Gasteiger partial charge on any atom is 0.272 e. The highest BCUT2D eigenvalue weighted by atomic mass is 35.5. The van der Waals surface area contributed by atoms with E-state index in [0.717, 1.165) is 11.1 Å². The molecule has 0 bridgehead atoms. The van der Waals surface area contributed by atoms with Crippen molar-refractivity contribution < 1.29 is 13.9 Å². The molecule has 0 radical (unpaired) electrons. The van der Waals surface area contributed by atoms with Gasteiger partial charge in [0.25, 0.3) is 5.56 Å². The number of nitrogens with zero attached hydrogens (tertiary/aromatic N) is 2. The number of rotatable bonds is 5. The van der Waals surface area contributed by atoms with Crippen molar-refractivity contribution in [1.82, 2.24) is 9.55 Å². The monoisotopic (exact) mass is 460 g/mol. The summed E-state index contributed by atoms with van der Waals surface area (Å²) in [6.07, 6.45) is 0. The summed E-state index contributed by atoms with van der Waals surface area (Å²) in [6, 6.07) is 11.8. The fourth-order valence-electron chi connectivity index (χ4n) is 3.18. The SMILES string of the molecule is O=c1c2sccc2nc(SCc2ccc(F)cc2Cl)n1Cc1ccc2c(c1)OCO2. The van der Waals surface area contributed by atoms with Crippen LogP contribution < -0.4 is 15.0 Å². The first kappa shape index (κ1) is 19.4. The summed E-state index contributed by atoms with van der Waals surface area (Å²) in [5, 5.41) is 2.78. The van der Waals surface area contributed by atoms with Gasteiger partial charge in [-0.25, -0.2) is 9.37 Å². The number of hydrogen-bond donors (Lipinski definition) is 0. The van der Waals surface area contributed by atoms with Crippen molar-refractivity contribution in [2.75, 3.05) is 6.79 Å². The fourth-order valence-corrected chi connectivity index (χ4v) is 5.27. The Labute approximate surface area is 184 Å². The average molecular weight is 461 g/mol. The Morgan fingerprint density at radius 2 is 2.03 bits per heavy atom. The van der Waals surface area contributed by atoms with Crippen LogP contribution in [0.4, 0.5) is 4.39 Å². The molecule has 1 aliphatic rings. The maximum atomic E-state index is 13.3. The van der Waals surface area contributed by atoms with E-state index in [9.17, 15) is 9.18 Å². The third-order valence-corrected chi connectivity index (χ3v) is 6.95. The first-order valence-corrected chi connectivity index (χ1v) is 11.3. The van der Waals surface area contributed by atoms with Crippen molar-refractivity contribution in [2.45, 2.75) is 17.5 Å². The lowest BCUT2D eigenvalue weighted by Gasteiger charge is -2.13. The zero-order valence-electron chi connectivity index (χ0n) is 15.4. The molecule has 4 aromatic rings. The minimum atomic E-state index is -0.383. The lowest BCUT2D eigenvalue weighted by molar-refractivity contribution is 0.174. The van der Waals surface area contributed by atoms with E-state index in [-0.39, 0.29) is 18.2 Å². The van der Waals surface area contributed by atoms with Crippen molar-refractivity contribution >= 4 is 44.9 Å². The van der Waals surface area contributed by atoms with Gasteiger partial charge in [0.2, 0.25) is 6.79 Å². The molecule has 3 heterocycles. The number of fused-ring (bicyclic) bond motifs is 2. The quantitative estimate of drug-likeness (QED) is 0.298. The van der Waals surface area contributed by atoms with Crippen molar-refractivity contribution in [3.05, 3.63) is 80.2 Å². The lowest BCUT2D eigenvalue weighted by Crippen LogP contribution is -2.23. The van der Waals surface area contributed by atoms with Crippen molar-refractivity contribution in [2.24, 2.45) is 0 Å². The zero-order chi connectivity index (χ0) is 20.7. The molecule has 0 amide bonds. The third kappa shape index (κ3) is 3.66. The minimum absolute atomic E-state index is 0.0969. The second kappa shape index (κ2) is 7.94. The van der Waals surface area contributed by atoms with E-state index < -0.39 is 0 Å². The molecular formula is C21H14ClFN2O3S2. The Hall–Kier alpha value is -2.55. The molecule has 0 N–H and O–H groups in total. The van der Waals surface area contributed by atoms with Gasteiger partial charge in [-0.3, -0.25) is 9.36 Å². The molecule has 0 unspecified atom stereocenters. The Kier molecular flexibility index (Phi) is 5.14. The average Bonchev–Trinajstić information content (AvgIpc) is 3.38. The normalized spacial score (nSPS) is 12.6. The van der Waals surface area contributed by atoms with Gasteiger partial charge in [-0.05, 0) is 46.8 Å². The van der Waals surface area contributed by atoms with E-state index in [2.05, 4.69) is 0 Å². The molecule has 5 rings (SSSR count). The van der Waals surface area contributed by atoms with Gasteiger partial charge in [0.05, 0.1) is 12.1 Å². The van der Waals surface area contributed by atoms with Gasteiger partial charge >= 0.3 is 0 Å². The first-order chi connectivity index (χ1) is 14.6. The van der Waals surface area contributed by atoms with Gasteiger partial charge in [-0.15, -0.1) is 11.3 Å². The first-order valence-electron chi connectivity index (χ1n) is 9.02. The summed E-state index contributed by atoms with van der Waals surface area (Å²) in [6.45, 7) is 0.538. The van der Waals surface area contributed by atoms with Crippen molar-refractivity contribution in [1.29, 1.82) is 0 Å². The molecule has 0 aliphatic carbocycles. The molecular weight excluding hydrogens is 447 g/mol. The third-order valence-electron chi connectivity index (χ3n) is 4.68. The van der Waals surface area contributed by atoms with Crippen LogP contribution in [0.3, 0.4) is 0 Å². The maximum absolute atomic E-state index is 13.3. The zero-order valence-corrected chi connectivity index (χ0v) is 17.8. The Morgan fingerprint density at radius 3 is 2.90 bits per heavy atom. The van der Waals surface area contributed by atoms with Gasteiger partial charge in [0, 0.05) is 10.8 Å². The van der Waals surface area contributed by atoms with Crippen LogP contribution in [0.25, 0.3) is 10.2 Å². The summed E-state index contributed by atoms with van der Waals surface area (Å²) in [5.74, 6) is 1.44. The minimum Gasteiger partial charge on any atom is -0.454 e. The van der Waals surface area contributed by atoms with Crippen LogP contribution in [0, 0.1) is 5.82 Å². The molecule has 0 spiro atoms. The molecule has 0 fully saturated rings. The number of ether oxygens (including phenoxy) is 2. The Bertz CT molecular complexity index is 1320. The van der Waals surface area contributed by atoms with Crippen LogP contribution in [-0.2, 0) is 12.3 Å². The highest BCUT2D eigenvalue weighted by Gasteiger charge is 2.17. The van der Waals surface area contributed by atoms with Gasteiger partial charge < -0.3 is 9.47 Å². The number of aromatic nitrogens is 2. The molecule has 0 atom stereocenters. The molecule has 0 saturated heterocycles. The smallest absolute Gasteiger partial charge is 0.272 e. The number of thiophene rings is 1. The molecule has 0 saturated carbocycles. The van der Waals surface area contributed by atoms with Gasteiger partial charge in [-0.1, -0.05) is 35.5 Å². The van der Waals surface area contributed by atoms with Crippen LogP contribution in [0.2, 0.25) is 5.02 Å².